The summed E-state index contributed by atoms with van der Waals surface area (Å²) in [4.78, 5) is 12.0. The van der Waals surface area contributed by atoms with E-state index in [-0.39, 0.29) is 11.3 Å². The molecule has 0 saturated heterocycles. The van der Waals surface area contributed by atoms with Gasteiger partial charge in [-0.25, -0.2) is 0 Å². The van der Waals surface area contributed by atoms with Crippen LogP contribution >= 0.6 is 0 Å². The molecule has 0 heterocycles. The molecule has 0 bridgehead atoms. The van der Waals surface area contributed by atoms with E-state index in [0.717, 1.165) is 19.4 Å². The van der Waals surface area contributed by atoms with Gasteiger partial charge < -0.3 is 16.4 Å². The Morgan fingerprint density at radius 2 is 2.00 bits per heavy atom. The van der Waals surface area contributed by atoms with Crippen LogP contribution in [0.25, 0.3) is 0 Å². The van der Waals surface area contributed by atoms with Crippen molar-refractivity contribution in [2.45, 2.75) is 58.4 Å². The smallest absolute Gasteiger partial charge is 0.220 e. The molecule has 1 amide bonds. The average molecular weight is 255 g/mol. The van der Waals surface area contributed by atoms with Crippen LogP contribution in [0, 0.1) is 5.41 Å². The predicted molar refractivity (Wildman–Crippen MR) is 75.3 cm³/mol. The summed E-state index contributed by atoms with van der Waals surface area (Å²) in [7, 11) is 0. The van der Waals surface area contributed by atoms with Crippen LogP contribution in [-0.2, 0) is 4.79 Å². The van der Waals surface area contributed by atoms with Crippen LogP contribution in [0.15, 0.2) is 0 Å². The Kier molecular flexibility index (Phi) is 6.65. The maximum atomic E-state index is 12.0. The number of nitrogens with one attached hydrogen (secondary N) is 2. The van der Waals surface area contributed by atoms with E-state index in [1.807, 2.05) is 0 Å². The molecule has 4 nitrogen and oxygen atoms in total. The van der Waals surface area contributed by atoms with Gasteiger partial charge in [-0.15, -0.1) is 0 Å². The summed E-state index contributed by atoms with van der Waals surface area (Å²) in [6.45, 7) is 6.44. The van der Waals surface area contributed by atoms with Crippen LogP contribution in [0.5, 0.6) is 0 Å². The molecule has 0 aromatic carbocycles. The fourth-order valence-corrected chi connectivity index (χ4v) is 2.85. The van der Waals surface area contributed by atoms with Gasteiger partial charge in [0.05, 0.1) is 0 Å². The van der Waals surface area contributed by atoms with Gasteiger partial charge in [0.25, 0.3) is 0 Å². The van der Waals surface area contributed by atoms with E-state index >= 15 is 0 Å². The summed E-state index contributed by atoms with van der Waals surface area (Å²) in [6, 6.07) is 0.333. The summed E-state index contributed by atoms with van der Waals surface area (Å²) in [6.07, 6.45) is 6.55. The lowest BCUT2D eigenvalue weighted by atomic mass is 9.71. The number of likely N-dealkylation sites (N-methyl/N-ethyl adjacent to an activating group) is 1. The van der Waals surface area contributed by atoms with E-state index in [0.29, 0.717) is 25.6 Å². The molecule has 0 aromatic rings. The molecule has 0 radical (unpaired) electrons. The van der Waals surface area contributed by atoms with Gasteiger partial charge in [-0.05, 0) is 38.3 Å². The van der Waals surface area contributed by atoms with E-state index in [4.69, 9.17) is 5.73 Å². The minimum Gasteiger partial charge on any atom is -0.355 e. The van der Waals surface area contributed by atoms with E-state index in [9.17, 15) is 4.79 Å². The quantitative estimate of drug-likeness (QED) is 0.644. The largest absolute Gasteiger partial charge is 0.355 e. The molecule has 4 heteroatoms. The molecule has 0 spiro atoms. The van der Waals surface area contributed by atoms with Crippen molar-refractivity contribution in [1.82, 2.24) is 10.6 Å². The van der Waals surface area contributed by atoms with Crippen LogP contribution in [0.2, 0.25) is 0 Å². The lowest BCUT2D eigenvalue weighted by Gasteiger charge is -2.35. The maximum absolute atomic E-state index is 12.0. The molecule has 1 atom stereocenters. The van der Waals surface area contributed by atoms with E-state index in [1.54, 1.807) is 0 Å². The minimum atomic E-state index is 0.0732. The lowest BCUT2D eigenvalue weighted by Crippen LogP contribution is -2.42. The molecule has 18 heavy (non-hydrogen) atoms. The molecular formula is C14H29N3O. The molecule has 1 aliphatic carbocycles. The highest BCUT2D eigenvalue weighted by Crippen LogP contribution is 2.38. The first-order valence-corrected chi connectivity index (χ1v) is 7.32. The monoisotopic (exact) mass is 255 g/mol. The highest BCUT2D eigenvalue weighted by atomic mass is 16.1. The van der Waals surface area contributed by atoms with Crippen molar-refractivity contribution in [2.75, 3.05) is 19.6 Å². The van der Waals surface area contributed by atoms with E-state index < -0.39 is 0 Å². The second kappa shape index (κ2) is 7.74. The second-order valence-electron chi connectivity index (χ2n) is 5.70. The first kappa shape index (κ1) is 15.4. The van der Waals surface area contributed by atoms with Gasteiger partial charge in [0.1, 0.15) is 0 Å². The standard InChI is InChI=1S/C14H29N3O/c1-3-16-12(2)10-17-13(18)9-14(11-15)7-5-4-6-8-14/h12,16H,3-11,15H2,1-2H3,(H,17,18)/t12-/m1/s1. The summed E-state index contributed by atoms with van der Waals surface area (Å²) in [5, 5.41) is 6.31. The molecule has 1 fully saturated rings. The molecule has 1 rings (SSSR count). The van der Waals surface area contributed by atoms with Gasteiger partial charge in [-0.1, -0.05) is 26.2 Å². The van der Waals surface area contributed by atoms with Crippen molar-refractivity contribution < 1.29 is 4.79 Å². The Morgan fingerprint density at radius 1 is 1.33 bits per heavy atom. The third-order valence-electron chi connectivity index (χ3n) is 4.04. The summed E-state index contributed by atoms with van der Waals surface area (Å²) >= 11 is 0. The van der Waals surface area contributed by atoms with Gasteiger partial charge in [0, 0.05) is 19.0 Å². The van der Waals surface area contributed by atoms with Crippen molar-refractivity contribution >= 4 is 5.91 Å². The number of nitrogens with two attached hydrogens (primary N) is 1. The number of carbonyl (C=O) groups excluding carboxylic acids is 1. The molecule has 1 saturated carbocycles. The Morgan fingerprint density at radius 3 is 2.56 bits per heavy atom. The number of hydrogen-bond acceptors (Lipinski definition) is 3. The Balaban J connectivity index is 2.33. The predicted octanol–water partition coefficient (Wildman–Crippen LogP) is 1.40. The van der Waals surface area contributed by atoms with Crippen molar-refractivity contribution in [3.63, 3.8) is 0 Å². The number of amides is 1. The van der Waals surface area contributed by atoms with Gasteiger partial charge in [-0.3, -0.25) is 4.79 Å². The van der Waals surface area contributed by atoms with Gasteiger partial charge in [-0.2, -0.15) is 0 Å². The fraction of sp³-hybridized carbons (Fsp3) is 0.929. The first-order chi connectivity index (χ1) is 8.62. The van der Waals surface area contributed by atoms with Crippen LogP contribution in [0.1, 0.15) is 52.4 Å². The highest BCUT2D eigenvalue weighted by molar-refractivity contribution is 5.76. The molecular weight excluding hydrogens is 226 g/mol. The second-order valence-corrected chi connectivity index (χ2v) is 5.70. The number of hydrogen-bond donors (Lipinski definition) is 3. The van der Waals surface area contributed by atoms with Crippen LogP contribution in [-0.4, -0.2) is 31.6 Å². The fourth-order valence-electron chi connectivity index (χ4n) is 2.85. The zero-order valence-corrected chi connectivity index (χ0v) is 11.9. The number of carbonyl (C=O) groups is 1. The highest BCUT2D eigenvalue weighted by Gasteiger charge is 2.32. The molecule has 0 unspecified atom stereocenters. The normalized spacial score (nSPS) is 20.4. The Bertz CT molecular complexity index is 249. The van der Waals surface area contributed by atoms with Gasteiger partial charge in [0.2, 0.25) is 5.91 Å². The third-order valence-corrected chi connectivity index (χ3v) is 4.04. The van der Waals surface area contributed by atoms with Crippen molar-refractivity contribution in [1.29, 1.82) is 0 Å². The minimum absolute atomic E-state index is 0.0732. The molecule has 0 aliphatic heterocycles. The van der Waals surface area contributed by atoms with Crippen LogP contribution in [0.4, 0.5) is 0 Å². The van der Waals surface area contributed by atoms with Crippen molar-refractivity contribution in [3.05, 3.63) is 0 Å². The molecule has 0 aromatic heterocycles. The van der Waals surface area contributed by atoms with Crippen molar-refractivity contribution in [2.24, 2.45) is 11.1 Å². The SMILES string of the molecule is CCN[C@H](C)CNC(=O)CC1(CN)CCCCC1. The summed E-state index contributed by atoms with van der Waals surface area (Å²) < 4.78 is 0. The Hall–Kier alpha value is -0.610. The first-order valence-electron chi connectivity index (χ1n) is 7.32. The zero-order valence-electron chi connectivity index (χ0n) is 11.9. The van der Waals surface area contributed by atoms with Crippen LogP contribution < -0.4 is 16.4 Å². The van der Waals surface area contributed by atoms with Crippen molar-refractivity contribution in [3.8, 4) is 0 Å². The zero-order chi connectivity index (χ0) is 13.4. The van der Waals surface area contributed by atoms with E-state index in [2.05, 4.69) is 24.5 Å². The summed E-state index contributed by atoms with van der Waals surface area (Å²) in [5.41, 5.74) is 5.97. The maximum Gasteiger partial charge on any atom is 0.220 e. The average Bonchev–Trinajstić information content (AvgIpc) is 2.38. The molecule has 4 N–H and O–H groups in total. The van der Waals surface area contributed by atoms with Gasteiger partial charge >= 0.3 is 0 Å². The van der Waals surface area contributed by atoms with E-state index in [1.165, 1.54) is 19.3 Å². The summed E-state index contributed by atoms with van der Waals surface area (Å²) in [5.74, 6) is 0.159. The molecule has 106 valence electrons. The Labute approximate surface area is 111 Å². The van der Waals surface area contributed by atoms with Gasteiger partial charge in [0.15, 0.2) is 0 Å². The third kappa shape index (κ3) is 4.94. The molecule has 1 aliphatic rings. The number of rotatable bonds is 7. The lowest BCUT2D eigenvalue weighted by molar-refractivity contribution is -0.123. The topological polar surface area (TPSA) is 67.1 Å². The van der Waals surface area contributed by atoms with Crippen LogP contribution in [0.3, 0.4) is 0 Å².